The second-order valence-electron chi connectivity index (χ2n) is 3.24. The number of carbonyl (C=O) groups excluding carboxylic acids is 1. The Labute approximate surface area is 74.0 Å². The fourth-order valence-electron chi connectivity index (χ4n) is 1.93. The molecule has 2 unspecified atom stereocenters. The molecule has 2 aliphatic rings. The Hall–Kier alpha value is -0.460. The number of aldehydes is 1. The Kier molecular flexibility index (Phi) is 2.12. The van der Waals surface area contributed by atoms with Gasteiger partial charge in [-0.25, -0.2) is 0 Å². The van der Waals surface area contributed by atoms with Crippen LogP contribution in [0.4, 0.5) is 0 Å². The largest absolute Gasteiger partial charge is 0.358 e. The predicted octanol–water partition coefficient (Wildman–Crippen LogP) is 1.78. The summed E-state index contributed by atoms with van der Waals surface area (Å²) >= 11 is 0. The first-order valence-corrected chi connectivity index (χ1v) is 4.55. The summed E-state index contributed by atoms with van der Waals surface area (Å²) in [4.78, 5) is 10.5. The first-order chi connectivity index (χ1) is 5.85. The summed E-state index contributed by atoms with van der Waals surface area (Å²) in [5, 5.41) is 0. The van der Waals surface area contributed by atoms with Gasteiger partial charge in [0.05, 0.1) is 6.10 Å². The molecule has 0 saturated carbocycles. The van der Waals surface area contributed by atoms with Crippen molar-refractivity contribution in [3.8, 4) is 0 Å². The van der Waals surface area contributed by atoms with Gasteiger partial charge in [0, 0.05) is 9.47 Å². The van der Waals surface area contributed by atoms with E-state index >= 15 is 0 Å². The van der Waals surface area contributed by atoms with Crippen molar-refractivity contribution >= 4 is 15.8 Å². The number of allylic oxidation sites excluding steroid dienone is 2. The summed E-state index contributed by atoms with van der Waals surface area (Å²) < 4.78 is 5.22. The van der Waals surface area contributed by atoms with E-state index in [1.54, 1.807) is 0 Å². The van der Waals surface area contributed by atoms with E-state index in [-0.39, 0.29) is 6.10 Å². The molecule has 0 aromatic rings. The Morgan fingerprint density at radius 2 is 2.50 bits per heavy atom. The van der Waals surface area contributed by atoms with Crippen LogP contribution in [-0.2, 0) is 9.32 Å². The van der Waals surface area contributed by atoms with Crippen LogP contribution >= 0.6 is 9.47 Å². The van der Waals surface area contributed by atoms with Gasteiger partial charge in [0.1, 0.15) is 6.29 Å². The van der Waals surface area contributed by atoms with Gasteiger partial charge < -0.3 is 4.52 Å². The van der Waals surface area contributed by atoms with Crippen LogP contribution in [0.3, 0.4) is 0 Å². The van der Waals surface area contributed by atoms with Gasteiger partial charge in [0.2, 0.25) is 0 Å². The lowest BCUT2D eigenvalue weighted by atomic mass is 10.1. The average molecular weight is 182 g/mol. The van der Waals surface area contributed by atoms with E-state index in [4.69, 9.17) is 4.52 Å². The lowest BCUT2D eigenvalue weighted by Crippen LogP contribution is -2.03. The molecule has 0 spiro atoms. The molecule has 0 saturated heterocycles. The summed E-state index contributed by atoms with van der Waals surface area (Å²) in [5.41, 5.74) is 3.53. The van der Waals surface area contributed by atoms with E-state index < -0.39 is 0 Å². The van der Waals surface area contributed by atoms with Gasteiger partial charge in [0.15, 0.2) is 0 Å². The fraction of sp³-hybridized carbons (Fsp3) is 0.444. The zero-order valence-corrected chi connectivity index (χ0v) is 7.90. The molecule has 0 bridgehead atoms. The summed E-state index contributed by atoms with van der Waals surface area (Å²) in [6.07, 6.45) is 6.13. The predicted molar refractivity (Wildman–Crippen MR) is 49.6 cm³/mol. The molecule has 0 fully saturated rings. The lowest BCUT2D eigenvalue weighted by molar-refractivity contribution is -0.104. The van der Waals surface area contributed by atoms with Gasteiger partial charge in [-0.05, 0) is 36.5 Å². The van der Waals surface area contributed by atoms with Crippen molar-refractivity contribution in [2.45, 2.75) is 25.4 Å². The Bertz CT molecular complexity index is 278. The van der Waals surface area contributed by atoms with Crippen LogP contribution in [0.25, 0.3) is 0 Å². The van der Waals surface area contributed by atoms with Gasteiger partial charge in [-0.2, -0.15) is 0 Å². The summed E-state index contributed by atoms with van der Waals surface area (Å²) in [6.45, 7) is 0. The Morgan fingerprint density at radius 3 is 3.17 bits per heavy atom. The van der Waals surface area contributed by atoms with Crippen LogP contribution in [0, 0.1) is 0 Å². The van der Waals surface area contributed by atoms with Crippen molar-refractivity contribution in [2.75, 3.05) is 0 Å². The number of carbonyl (C=O) groups is 1. The average Bonchev–Trinajstić information content (AvgIpc) is 2.61. The maximum atomic E-state index is 10.5. The molecule has 12 heavy (non-hydrogen) atoms. The van der Waals surface area contributed by atoms with Crippen molar-refractivity contribution in [3.63, 3.8) is 0 Å². The van der Waals surface area contributed by atoms with Crippen LogP contribution in [0.5, 0.6) is 0 Å². The second kappa shape index (κ2) is 3.12. The Balaban J connectivity index is 2.21. The molecule has 2 nitrogen and oxygen atoms in total. The smallest absolute Gasteiger partial charge is 0.146 e. The van der Waals surface area contributed by atoms with Gasteiger partial charge in [-0.15, -0.1) is 0 Å². The highest BCUT2D eigenvalue weighted by atomic mass is 31.0. The summed E-state index contributed by atoms with van der Waals surface area (Å²) in [5.74, 6) is 0. The molecule has 64 valence electrons. The molecular weight excluding hydrogens is 171 g/mol. The van der Waals surface area contributed by atoms with Crippen molar-refractivity contribution < 1.29 is 9.32 Å². The van der Waals surface area contributed by atoms with E-state index in [0.717, 1.165) is 31.1 Å². The lowest BCUT2D eigenvalue weighted by Gasteiger charge is -2.07. The fourth-order valence-corrected chi connectivity index (χ4v) is 2.22. The first kappa shape index (κ1) is 8.15. The molecule has 0 aromatic carbocycles. The second-order valence-corrected chi connectivity index (χ2v) is 3.51. The maximum absolute atomic E-state index is 10.5. The minimum atomic E-state index is 0.211. The molecule has 0 heterocycles. The van der Waals surface area contributed by atoms with Crippen molar-refractivity contribution in [2.24, 2.45) is 0 Å². The molecule has 2 rings (SSSR count). The van der Waals surface area contributed by atoms with E-state index in [1.165, 1.54) is 11.1 Å². The highest BCUT2D eigenvalue weighted by Crippen LogP contribution is 2.39. The highest BCUT2D eigenvalue weighted by molar-refractivity contribution is 7.09. The van der Waals surface area contributed by atoms with E-state index in [2.05, 4.69) is 9.47 Å². The molecule has 2 atom stereocenters. The molecule has 3 heteroatoms. The topological polar surface area (TPSA) is 26.3 Å². The molecule has 0 radical (unpaired) electrons. The Morgan fingerprint density at radius 1 is 1.67 bits per heavy atom. The van der Waals surface area contributed by atoms with Crippen LogP contribution in [0.1, 0.15) is 19.3 Å². The number of hydrogen-bond acceptors (Lipinski definition) is 2. The van der Waals surface area contributed by atoms with Crippen LogP contribution in [-0.4, -0.2) is 12.4 Å². The zero-order chi connectivity index (χ0) is 8.55. The summed E-state index contributed by atoms with van der Waals surface area (Å²) in [7, 11) is 2.30. The first-order valence-electron chi connectivity index (χ1n) is 4.08. The molecule has 0 amide bonds. The van der Waals surface area contributed by atoms with Crippen molar-refractivity contribution in [1.29, 1.82) is 0 Å². The third-order valence-corrected chi connectivity index (χ3v) is 2.87. The van der Waals surface area contributed by atoms with Crippen LogP contribution in [0.15, 0.2) is 22.8 Å². The number of rotatable bonds is 2. The van der Waals surface area contributed by atoms with Crippen molar-refractivity contribution in [3.05, 3.63) is 22.8 Å². The minimum absolute atomic E-state index is 0.211. The normalized spacial score (nSPS) is 27.4. The standard InChI is InChI=1S/C9H11O2P/c10-5-6-3-7-1-2-9(11-12)8(7)4-6/h4-5,9H,1-3,12H2. The third kappa shape index (κ3) is 1.16. The molecular formula is C9H11O2P. The molecule has 2 aliphatic carbocycles. The van der Waals surface area contributed by atoms with Gasteiger partial charge in [-0.3, -0.25) is 4.79 Å². The monoisotopic (exact) mass is 182 g/mol. The zero-order valence-electron chi connectivity index (χ0n) is 6.75. The molecule has 0 aliphatic heterocycles. The highest BCUT2D eigenvalue weighted by Gasteiger charge is 2.28. The SMILES string of the molecule is O=CC1=CC2=C(CCC2OP)C1. The quantitative estimate of drug-likeness (QED) is 0.480. The maximum Gasteiger partial charge on any atom is 0.146 e. The number of hydrogen-bond donors (Lipinski definition) is 0. The summed E-state index contributed by atoms with van der Waals surface area (Å²) in [6, 6.07) is 0. The molecule has 0 aromatic heterocycles. The van der Waals surface area contributed by atoms with Gasteiger partial charge in [-0.1, -0.05) is 5.57 Å². The van der Waals surface area contributed by atoms with Crippen molar-refractivity contribution in [1.82, 2.24) is 0 Å². The van der Waals surface area contributed by atoms with E-state index in [0.29, 0.717) is 0 Å². The third-order valence-electron chi connectivity index (χ3n) is 2.54. The van der Waals surface area contributed by atoms with Gasteiger partial charge >= 0.3 is 0 Å². The molecule has 0 N–H and O–H groups in total. The van der Waals surface area contributed by atoms with Crippen LogP contribution < -0.4 is 0 Å². The van der Waals surface area contributed by atoms with E-state index in [9.17, 15) is 4.79 Å². The van der Waals surface area contributed by atoms with E-state index in [1.807, 2.05) is 6.08 Å². The van der Waals surface area contributed by atoms with Gasteiger partial charge in [0.25, 0.3) is 0 Å². The van der Waals surface area contributed by atoms with Crippen LogP contribution in [0.2, 0.25) is 0 Å². The minimum Gasteiger partial charge on any atom is -0.358 e.